The Morgan fingerprint density at radius 3 is 2.52 bits per heavy atom. The Morgan fingerprint density at radius 2 is 1.78 bits per heavy atom. The molecule has 5 heteroatoms. The van der Waals surface area contributed by atoms with E-state index in [1.807, 2.05) is 24.3 Å². The molecule has 3 heterocycles. The molecule has 2 aliphatic rings. The second-order valence-corrected chi connectivity index (χ2v) is 7.59. The second kappa shape index (κ2) is 8.17. The molecule has 2 aromatic rings. The molecule has 1 atom stereocenters. The molecule has 142 valence electrons. The van der Waals surface area contributed by atoms with E-state index in [0.717, 1.165) is 44.6 Å². The summed E-state index contributed by atoms with van der Waals surface area (Å²) in [5.74, 6) is -0.251. The van der Waals surface area contributed by atoms with Gasteiger partial charge < -0.3 is 9.80 Å². The van der Waals surface area contributed by atoms with Crippen molar-refractivity contribution in [2.75, 3.05) is 26.2 Å². The first-order valence-electron chi connectivity index (χ1n) is 9.95. The van der Waals surface area contributed by atoms with E-state index >= 15 is 0 Å². The quantitative estimate of drug-likeness (QED) is 0.820. The highest BCUT2D eigenvalue weighted by Gasteiger charge is 2.29. The SMILES string of the molecule is O=C(c1ccc(-c2ccncc2F)cc1)N1CCCC[C@H]1CN1CCCC1. The van der Waals surface area contributed by atoms with E-state index in [9.17, 15) is 9.18 Å². The minimum absolute atomic E-state index is 0.0978. The summed E-state index contributed by atoms with van der Waals surface area (Å²) in [4.78, 5) is 21.5. The van der Waals surface area contributed by atoms with E-state index in [1.54, 1.807) is 12.3 Å². The van der Waals surface area contributed by atoms with Gasteiger partial charge in [-0.25, -0.2) is 4.39 Å². The summed E-state index contributed by atoms with van der Waals surface area (Å²) < 4.78 is 13.9. The average Bonchev–Trinajstić information content (AvgIpc) is 3.22. The van der Waals surface area contributed by atoms with Crippen LogP contribution in [0, 0.1) is 5.82 Å². The molecule has 0 spiro atoms. The monoisotopic (exact) mass is 367 g/mol. The van der Waals surface area contributed by atoms with Crippen LogP contribution < -0.4 is 0 Å². The van der Waals surface area contributed by atoms with Gasteiger partial charge in [-0.05, 0) is 69.0 Å². The van der Waals surface area contributed by atoms with Gasteiger partial charge in [0.1, 0.15) is 5.82 Å². The van der Waals surface area contributed by atoms with Gasteiger partial charge in [-0.1, -0.05) is 12.1 Å². The van der Waals surface area contributed by atoms with Crippen LogP contribution in [-0.4, -0.2) is 52.9 Å². The van der Waals surface area contributed by atoms with Gasteiger partial charge in [0.05, 0.1) is 6.20 Å². The molecule has 1 aromatic heterocycles. The molecule has 0 aliphatic carbocycles. The number of amides is 1. The van der Waals surface area contributed by atoms with Crippen molar-refractivity contribution in [2.45, 2.75) is 38.1 Å². The van der Waals surface area contributed by atoms with Crippen LogP contribution in [0.25, 0.3) is 11.1 Å². The van der Waals surface area contributed by atoms with E-state index in [1.165, 1.54) is 25.5 Å². The number of aromatic nitrogens is 1. The number of hydrogen-bond acceptors (Lipinski definition) is 3. The van der Waals surface area contributed by atoms with Crippen molar-refractivity contribution >= 4 is 5.91 Å². The Morgan fingerprint density at radius 1 is 1.04 bits per heavy atom. The average molecular weight is 367 g/mol. The van der Waals surface area contributed by atoms with Crippen molar-refractivity contribution in [3.8, 4) is 11.1 Å². The predicted octanol–water partition coefficient (Wildman–Crippen LogP) is 3.98. The lowest BCUT2D eigenvalue weighted by Gasteiger charge is -2.38. The fourth-order valence-corrected chi connectivity index (χ4v) is 4.29. The highest BCUT2D eigenvalue weighted by Crippen LogP contribution is 2.25. The van der Waals surface area contributed by atoms with Crippen molar-refractivity contribution in [1.29, 1.82) is 0 Å². The fourth-order valence-electron chi connectivity index (χ4n) is 4.29. The Balaban J connectivity index is 1.49. The second-order valence-electron chi connectivity index (χ2n) is 7.59. The van der Waals surface area contributed by atoms with E-state index in [-0.39, 0.29) is 11.7 Å². The largest absolute Gasteiger partial charge is 0.334 e. The summed E-state index contributed by atoms with van der Waals surface area (Å²) in [7, 11) is 0. The van der Waals surface area contributed by atoms with Crippen LogP contribution in [0.3, 0.4) is 0 Å². The van der Waals surface area contributed by atoms with Crippen molar-refractivity contribution in [2.24, 2.45) is 0 Å². The van der Waals surface area contributed by atoms with Crippen molar-refractivity contribution in [3.63, 3.8) is 0 Å². The lowest BCUT2D eigenvalue weighted by atomic mass is 9.99. The van der Waals surface area contributed by atoms with E-state index in [4.69, 9.17) is 0 Å². The molecule has 2 fully saturated rings. The van der Waals surface area contributed by atoms with Gasteiger partial charge in [0, 0.05) is 36.5 Å². The predicted molar refractivity (Wildman–Crippen MR) is 104 cm³/mol. The molecule has 27 heavy (non-hydrogen) atoms. The zero-order valence-corrected chi connectivity index (χ0v) is 15.6. The van der Waals surface area contributed by atoms with Gasteiger partial charge in [0.2, 0.25) is 0 Å². The van der Waals surface area contributed by atoms with E-state index < -0.39 is 0 Å². The zero-order valence-electron chi connectivity index (χ0n) is 15.6. The maximum atomic E-state index is 13.9. The molecule has 4 nitrogen and oxygen atoms in total. The standard InChI is InChI=1S/C22H26FN3O/c23-21-15-24-11-10-20(21)17-6-8-18(9-7-17)22(27)26-14-2-1-5-19(26)16-25-12-3-4-13-25/h6-11,15,19H,1-5,12-14,16H2/t19-/m0/s1. The van der Waals surface area contributed by atoms with Gasteiger partial charge >= 0.3 is 0 Å². The number of pyridine rings is 1. The third-order valence-electron chi connectivity index (χ3n) is 5.77. The van der Waals surface area contributed by atoms with Crippen LogP contribution in [0.2, 0.25) is 0 Å². The van der Waals surface area contributed by atoms with Gasteiger partial charge in [-0.2, -0.15) is 0 Å². The van der Waals surface area contributed by atoms with Gasteiger partial charge in [0.25, 0.3) is 5.91 Å². The first-order valence-corrected chi connectivity index (χ1v) is 9.95. The van der Waals surface area contributed by atoms with E-state index in [0.29, 0.717) is 17.2 Å². The lowest BCUT2D eigenvalue weighted by Crippen LogP contribution is -2.49. The Labute approximate surface area is 160 Å². The highest BCUT2D eigenvalue weighted by atomic mass is 19.1. The molecule has 0 bridgehead atoms. The van der Waals surface area contributed by atoms with Gasteiger partial charge in [-0.15, -0.1) is 0 Å². The maximum absolute atomic E-state index is 13.9. The van der Waals surface area contributed by atoms with Crippen molar-refractivity contribution in [3.05, 3.63) is 54.1 Å². The Hall–Kier alpha value is -2.27. The normalized spacial score (nSPS) is 20.8. The van der Waals surface area contributed by atoms with Crippen LogP contribution in [0.4, 0.5) is 4.39 Å². The van der Waals surface area contributed by atoms with Gasteiger partial charge in [-0.3, -0.25) is 9.78 Å². The van der Waals surface area contributed by atoms with Crippen LogP contribution >= 0.6 is 0 Å². The molecule has 2 aliphatic heterocycles. The first-order chi connectivity index (χ1) is 13.2. The summed E-state index contributed by atoms with van der Waals surface area (Å²) in [5, 5.41) is 0. The molecular formula is C22H26FN3O. The smallest absolute Gasteiger partial charge is 0.254 e. The Bertz CT molecular complexity index is 786. The molecule has 4 rings (SSSR count). The number of benzene rings is 1. The molecule has 2 saturated heterocycles. The van der Waals surface area contributed by atoms with Gasteiger partial charge in [0.15, 0.2) is 0 Å². The first kappa shape index (κ1) is 18.1. The maximum Gasteiger partial charge on any atom is 0.254 e. The molecule has 0 radical (unpaired) electrons. The summed E-state index contributed by atoms with van der Waals surface area (Å²) >= 11 is 0. The highest BCUT2D eigenvalue weighted by molar-refractivity contribution is 5.95. The van der Waals surface area contributed by atoms with Crippen LogP contribution in [0.1, 0.15) is 42.5 Å². The van der Waals surface area contributed by atoms with Crippen molar-refractivity contribution < 1.29 is 9.18 Å². The number of hydrogen-bond donors (Lipinski definition) is 0. The number of nitrogens with zero attached hydrogens (tertiary/aromatic N) is 3. The number of rotatable bonds is 4. The number of halogens is 1. The van der Waals surface area contributed by atoms with Crippen LogP contribution in [0.5, 0.6) is 0 Å². The number of carbonyl (C=O) groups excluding carboxylic acids is 1. The minimum Gasteiger partial charge on any atom is -0.334 e. The summed E-state index contributed by atoms with van der Waals surface area (Å²) in [6.07, 6.45) is 8.69. The number of carbonyl (C=O) groups is 1. The van der Waals surface area contributed by atoms with Crippen LogP contribution in [0.15, 0.2) is 42.7 Å². The Kier molecular flexibility index (Phi) is 5.48. The fraction of sp³-hybridized carbons (Fsp3) is 0.455. The van der Waals surface area contributed by atoms with E-state index in [2.05, 4.69) is 14.8 Å². The third kappa shape index (κ3) is 4.03. The molecular weight excluding hydrogens is 341 g/mol. The molecule has 0 N–H and O–H groups in total. The molecule has 0 saturated carbocycles. The molecule has 1 amide bonds. The molecule has 0 unspecified atom stereocenters. The molecule has 1 aromatic carbocycles. The zero-order chi connectivity index (χ0) is 18.6. The summed E-state index contributed by atoms with van der Waals surface area (Å²) in [6, 6.07) is 9.25. The van der Waals surface area contributed by atoms with Crippen molar-refractivity contribution in [1.82, 2.24) is 14.8 Å². The minimum atomic E-state index is -0.349. The summed E-state index contributed by atoms with van der Waals surface area (Å²) in [5.41, 5.74) is 1.95. The van der Waals surface area contributed by atoms with Crippen LogP contribution in [-0.2, 0) is 0 Å². The topological polar surface area (TPSA) is 36.4 Å². The third-order valence-corrected chi connectivity index (χ3v) is 5.77. The number of likely N-dealkylation sites (tertiary alicyclic amines) is 2. The number of piperidine rings is 1. The lowest BCUT2D eigenvalue weighted by molar-refractivity contribution is 0.0560. The summed E-state index contributed by atoms with van der Waals surface area (Å²) in [6.45, 7) is 4.14.